The van der Waals surface area contributed by atoms with Gasteiger partial charge in [0, 0.05) is 19.6 Å². The highest BCUT2D eigenvalue weighted by Gasteiger charge is 2.22. The first-order chi connectivity index (χ1) is 7.70. The van der Waals surface area contributed by atoms with Gasteiger partial charge < -0.3 is 15.6 Å². The summed E-state index contributed by atoms with van der Waals surface area (Å²) in [6.07, 6.45) is 1.73. The van der Waals surface area contributed by atoms with Gasteiger partial charge in [-0.1, -0.05) is 0 Å². The minimum Gasteiger partial charge on any atom is -0.368 e. The summed E-state index contributed by atoms with van der Waals surface area (Å²) in [6, 6.07) is -0.311. The van der Waals surface area contributed by atoms with Gasteiger partial charge in [-0.25, -0.2) is 0 Å². The zero-order valence-electron chi connectivity index (χ0n) is 9.26. The van der Waals surface area contributed by atoms with Crippen LogP contribution in [0, 0.1) is 0 Å². The monoisotopic (exact) mass is 224 g/mol. The molecule has 1 aliphatic heterocycles. The molecule has 16 heavy (non-hydrogen) atoms. The maximum absolute atomic E-state index is 11.1. The summed E-state index contributed by atoms with van der Waals surface area (Å²) in [5.74, 6) is 0.611. The van der Waals surface area contributed by atoms with Crippen molar-refractivity contribution in [2.24, 2.45) is 5.73 Å². The first-order valence-electron chi connectivity index (χ1n) is 5.26. The van der Waals surface area contributed by atoms with Gasteiger partial charge in [-0.3, -0.25) is 9.69 Å². The van der Waals surface area contributed by atoms with E-state index in [0.29, 0.717) is 13.1 Å². The highest BCUT2D eigenvalue weighted by molar-refractivity contribution is 5.80. The fourth-order valence-electron chi connectivity index (χ4n) is 1.85. The number of aromatic nitrogens is 3. The Morgan fingerprint density at radius 2 is 2.50 bits per heavy atom. The predicted octanol–water partition coefficient (Wildman–Crippen LogP) is -1.83. The molecule has 7 heteroatoms. The van der Waals surface area contributed by atoms with Crippen molar-refractivity contribution in [3.8, 4) is 0 Å². The second-order valence-corrected chi connectivity index (χ2v) is 3.92. The van der Waals surface area contributed by atoms with E-state index in [1.165, 1.54) is 0 Å². The second-order valence-electron chi connectivity index (χ2n) is 3.92. The van der Waals surface area contributed by atoms with Crippen LogP contribution in [0.15, 0.2) is 6.33 Å². The van der Waals surface area contributed by atoms with Crippen LogP contribution >= 0.6 is 0 Å². The van der Waals surface area contributed by atoms with E-state index in [1.807, 2.05) is 4.57 Å². The molecule has 2 rings (SSSR count). The summed E-state index contributed by atoms with van der Waals surface area (Å²) in [7, 11) is 1.74. The van der Waals surface area contributed by atoms with E-state index in [1.54, 1.807) is 13.4 Å². The molecule has 0 spiro atoms. The molecule has 0 fully saturated rings. The lowest BCUT2D eigenvalue weighted by molar-refractivity contribution is -0.120. The van der Waals surface area contributed by atoms with Crippen LogP contribution in [0.4, 0.5) is 0 Å². The Morgan fingerprint density at radius 1 is 1.69 bits per heavy atom. The molecule has 0 bridgehead atoms. The lowest BCUT2D eigenvalue weighted by Crippen LogP contribution is -2.49. The highest BCUT2D eigenvalue weighted by Crippen LogP contribution is 2.08. The number of nitrogens with zero attached hydrogens (tertiary/aromatic N) is 4. The summed E-state index contributed by atoms with van der Waals surface area (Å²) in [5, 5.41) is 10.8. The van der Waals surface area contributed by atoms with Crippen LogP contribution in [0.1, 0.15) is 5.82 Å². The van der Waals surface area contributed by atoms with E-state index < -0.39 is 0 Å². The second kappa shape index (κ2) is 4.58. The van der Waals surface area contributed by atoms with Crippen molar-refractivity contribution in [2.45, 2.75) is 19.1 Å². The molecule has 0 saturated heterocycles. The van der Waals surface area contributed by atoms with Crippen LogP contribution in [-0.2, 0) is 17.9 Å². The van der Waals surface area contributed by atoms with Gasteiger partial charge in [0.05, 0.1) is 12.6 Å². The van der Waals surface area contributed by atoms with Gasteiger partial charge in [0.1, 0.15) is 12.2 Å². The SMILES string of the molecule is CNC(CN1CCn2cnnc2C1)C(N)=O. The van der Waals surface area contributed by atoms with E-state index in [2.05, 4.69) is 20.4 Å². The molecule has 2 heterocycles. The lowest BCUT2D eigenvalue weighted by atomic mass is 10.2. The molecule has 1 aromatic rings. The maximum Gasteiger partial charge on any atom is 0.235 e. The van der Waals surface area contributed by atoms with E-state index in [9.17, 15) is 4.79 Å². The average Bonchev–Trinajstić information content (AvgIpc) is 2.72. The molecule has 1 atom stereocenters. The predicted molar refractivity (Wildman–Crippen MR) is 57.3 cm³/mol. The number of hydrogen-bond donors (Lipinski definition) is 2. The maximum atomic E-state index is 11.1. The van der Waals surface area contributed by atoms with Gasteiger partial charge in [-0.05, 0) is 7.05 Å². The number of nitrogens with two attached hydrogens (primary N) is 1. The molecule has 7 nitrogen and oxygen atoms in total. The van der Waals surface area contributed by atoms with Crippen LogP contribution in [0.25, 0.3) is 0 Å². The number of amides is 1. The molecule has 0 radical (unpaired) electrons. The minimum absolute atomic E-state index is 0.311. The number of nitrogens with one attached hydrogen (secondary N) is 1. The zero-order chi connectivity index (χ0) is 11.5. The fraction of sp³-hybridized carbons (Fsp3) is 0.667. The first-order valence-corrected chi connectivity index (χ1v) is 5.26. The van der Waals surface area contributed by atoms with Crippen LogP contribution in [-0.4, -0.2) is 51.8 Å². The van der Waals surface area contributed by atoms with E-state index in [0.717, 1.165) is 18.9 Å². The number of rotatable bonds is 4. The Morgan fingerprint density at radius 3 is 3.19 bits per heavy atom. The largest absolute Gasteiger partial charge is 0.368 e. The summed E-state index contributed by atoms with van der Waals surface area (Å²) in [4.78, 5) is 13.2. The van der Waals surface area contributed by atoms with Gasteiger partial charge in [-0.2, -0.15) is 0 Å². The molecule has 1 aliphatic rings. The molecular formula is C9H16N6O. The Labute approximate surface area is 93.6 Å². The van der Waals surface area contributed by atoms with Crippen molar-refractivity contribution in [2.75, 3.05) is 20.1 Å². The third kappa shape index (κ3) is 2.20. The Hall–Kier alpha value is -1.47. The third-order valence-electron chi connectivity index (χ3n) is 2.85. The first kappa shape index (κ1) is 11.0. The van der Waals surface area contributed by atoms with Gasteiger partial charge >= 0.3 is 0 Å². The van der Waals surface area contributed by atoms with E-state index in [4.69, 9.17) is 5.73 Å². The number of fused-ring (bicyclic) bond motifs is 1. The fourth-order valence-corrected chi connectivity index (χ4v) is 1.85. The average molecular weight is 224 g/mol. The van der Waals surface area contributed by atoms with Crippen molar-refractivity contribution < 1.29 is 4.79 Å². The molecule has 0 saturated carbocycles. The number of carbonyl (C=O) groups excluding carboxylic acids is 1. The van der Waals surface area contributed by atoms with E-state index in [-0.39, 0.29) is 11.9 Å². The Bertz CT molecular complexity index is 376. The van der Waals surface area contributed by atoms with Crippen molar-refractivity contribution in [1.82, 2.24) is 25.0 Å². The number of likely N-dealkylation sites (N-methyl/N-ethyl adjacent to an activating group) is 1. The molecule has 1 unspecified atom stereocenters. The molecule has 88 valence electrons. The van der Waals surface area contributed by atoms with Crippen molar-refractivity contribution in [3.05, 3.63) is 12.2 Å². The third-order valence-corrected chi connectivity index (χ3v) is 2.85. The number of hydrogen-bond acceptors (Lipinski definition) is 5. The van der Waals surface area contributed by atoms with Crippen LogP contribution in [0.5, 0.6) is 0 Å². The summed E-state index contributed by atoms with van der Waals surface area (Å²) >= 11 is 0. The molecule has 0 aliphatic carbocycles. The van der Waals surface area contributed by atoms with Crippen LogP contribution < -0.4 is 11.1 Å². The van der Waals surface area contributed by atoms with Gasteiger partial charge in [0.25, 0.3) is 0 Å². The Kier molecular flexibility index (Phi) is 3.16. The molecule has 1 aromatic heterocycles. The normalized spacial score (nSPS) is 18.1. The smallest absolute Gasteiger partial charge is 0.235 e. The molecule has 1 amide bonds. The van der Waals surface area contributed by atoms with Gasteiger partial charge in [0.2, 0.25) is 5.91 Å². The Balaban J connectivity index is 1.96. The van der Waals surface area contributed by atoms with Crippen LogP contribution in [0.3, 0.4) is 0 Å². The number of primary amides is 1. The summed E-state index contributed by atoms with van der Waals surface area (Å²) in [5.41, 5.74) is 5.28. The van der Waals surface area contributed by atoms with Crippen molar-refractivity contribution in [3.63, 3.8) is 0 Å². The minimum atomic E-state index is -0.324. The zero-order valence-corrected chi connectivity index (χ0v) is 9.26. The summed E-state index contributed by atoms with van der Waals surface area (Å²) < 4.78 is 2.02. The van der Waals surface area contributed by atoms with Crippen molar-refractivity contribution in [1.29, 1.82) is 0 Å². The highest BCUT2D eigenvalue weighted by atomic mass is 16.1. The standard InChI is InChI=1S/C9H16N6O/c1-11-7(9(10)16)4-14-2-3-15-6-12-13-8(15)5-14/h6-7,11H,2-5H2,1H3,(H2,10,16). The van der Waals surface area contributed by atoms with E-state index >= 15 is 0 Å². The quantitative estimate of drug-likeness (QED) is 0.628. The molecular weight excluding hydrogens is 208 g/mol. The molecule has 0 aromatic carbocycles. The number of carbonyl (C=O) groups is 1. The topological polar surface area (TPSA) is 89.1 Å². The summed E-state index contributed by atoms with van der Waals surface area (Å²) in [6.45, 7) is 3.07. The van der Waals surface area contributed by atoms with Crippen molar-refractivity contribution >= 4 is 5.91 Å². The van der Waals surface area contributed by atoms with Gasteiger partial charge in [0.15, 0.2) is 0 Å². The van der Waals surface area contributed by atoms with Gasteiger partial charge in [-0.15, -0.1) is 10.2 Å². The molecule has 3 N–H and O–H groups in total. The van der Waals surface area contributed by atoms with Crippen LogP contribution in [0.2, 0.25) is 0 Å². The lowest BCUT2D eigenvalue weighted by Gasteiger charge is -2.29.